The number of para-hydroxylation sites is 1. The standard InChI is InChI=1S/C20H27N5O2/c1-5-6-8-14(18(12-26)22-3)15-9-7-10-16(20(15)27-4)23-17-11-19(21)25-24-13(17)2/h7-11,26H,5-6,12H2,1-4H3,(H3,21,23,25)/b14-8-,22-18?. The molecule has 2 rings (SSSR count). The van der Waals surface area contributed by atoms with Gasteiger partial charge in [-0.2, -0.15) is 5.10 Å². The summed E-state index contributed by atoms with van der Waals surface area (Å²) in [4.78, 5) is 4.24. The van der Waals surface area contributed by atoms with Gasteiger partial charge in [-0.1, -0.05) is 31.6 Å². The van der Waals surface area contributed by atoms with E-state index in [9.17, 15) is 5.11 Å². The molecule has 0 aliphatic rings. The summed E-state index contributed by atoms with van der Waals surface area (Å²) in [7, 11) is 3.30. The molecule has 4 N–H and O–H groups in total. The second-order valence-electron chi connectivity index (χ2n) is 6.01. The van der Waals surface area contributed by atoms with Gasteiger partial charge in [-0.15, -0.1) is 5.10 Å². The van der Waals surface area contributed by atoms with E-state index < -0.39 is 0 Å². The topological polar surface area (TPSA) is 106 Å². The van der Waals surface area contributed by atoms with Gasteiger partial charge < -0.3 is 20.9 Å². The predicted octanol–water partition coefficient (Wildman–Crippen LogP) is 3.37. The fourth-order valence-electron chi connectivity index (χ4n) is 2.76. The number of aliphatic hydroxyl groups excluding tert-OH is 1. The van der Waals surface area contributed by atoms with Crippen LogP contribution in [0.3, 0.4) is 0 Å². The molecule has 0 saturated carbocycles. The minimum absolute atomic E-state index is 0.142. The van der Waals surface area contributed by atoms with Crippen molar-refractivity contribution in [1.29, 1.82) is 0 Å². The monoisotopic (exact) mass is 369 g/mol. The average Bonchev–Trinajstić information content (AvgIpc) is 2.68. The lowest BCUT2D eigenvalue weighted by molar-refractivity contribution is 0.358. The molecule has 27 heavy (non-hydrogen) atoms. The number of hydrogen-bond acceptors (Lipinski definition) is 7. The Hall–Kier alpha value is -2.93. The lowest BCUT2D eigenvalue weighted by Crippen LogP contribution is -2.10. The maximum atomic E-state index is 9.73. The van der Waals surface area contributed by atoms with Crippen LogP contribution < -0.4 is 15.8 Å². The quantitative estimate of drug-likeness (QED) is 0.616. The fraction of sp³-hybridized carbons (Fsp3) is 0.350. The highest BCUT2D eigenvalue weighted by molar-refractivity contribution is 6.25. The third-order valence-electron chi connectivity index (χ3n) is 4.14. The molecule has 0 saturated heterocycles. The van der Waals surface area contributed by atoms with E-state index in [4.69, 9.17) is 10.5 Å². The molecule has 0 atom stereocenters. The number of nitrogens with one attached hydrogen (secondary N) is 1. The molecule has 0 bridgehead atoms. The first-order valence-electron chi connectivity index (χ1n) is 8.86. The van der Waals surface area contributed by atoms with E-state index in [1.165, 1.54) is 0 Å². The highest BCUT2D eigenvalue weighted by atomic mass is 16.5. The first-order chi connectivity index (χ1) is 13.0. The van der Waals surface area contributed by atoms with Crippen molar-refractivity contribution < 1.29 is 9.84 Å². The van der Waals surface area contributed by atoms with Gasteiger partial charge in [0.05, 0.1) is 36.5 Å². The second kappa shape index (κ2) is 9.68. The molecule has 7 nitrogen and oxygen atoms in total. The van der Waals surface area contributed by atoms with Gasteiger partial charge in [0, 0.05) is 24.3 Å². The Bertz CT molecular complexity index is 846. The Kier molecular flexibility index (Phi) is 7.31. The number of aryl methyl sites for hydroxylation is 1. The minimum Gasteiger partial charge on any atom is -0.494 e. The van der Waals surface area contributed by atoms with Crippen molar-refractivity contribution in [3.8, 4) is 5.75 Å². The Morgan fingerprint density at radius 2 is 2.11 bits per heavy atom. The number of rotatable bonds is 8. The third-order valence-corrected chi connectivity index (χ3v) is 4.14. The number of nitrogens with two attached hydrogens (primary N) is 1. The summed E-state index contributed by atoms with van der Waals surface area (Å²) in [6, 6.07) is 7.53. The molecule has 1 aromatic heterocycles. The van der Waals surface area contributed by atoms with Gasteiger partial charge in [0.2, 0.25) is 0 Å². The largest absolute Gasteiger partial charge is 0.494 e. The highest BCUT2D eigenvalue weighted by Gasteiger charge is 2.17. The van der Waals surface area contributed by atoms with Gasteiger partial charge in [-0.05, 0) is 19.4 Å². The van der Waals surface area contributed by atoms with E-state index in [0.717, 1.165) is 41.0 Å². The van der Waals surface area contributed by atoms with Crippen LogP contribution in [0.2, 0.25) is 0 Å². The van der Waals surface area contributed by atoms with Crippen molar-refractivity contribution >= 4 is 28.5 Å². The molecule has 2 aromatic rings. The number of methoxy groups -OCH3 is 1. The zero-order valence-corrected chi connectivity index (χ0v) is 16.3. The maximum Gasteiger partial charge on any atom is 0.150 e. The molecule has 0 spiro atoms. The zero-order valence-electron chi connectivity index (χ0n) is 16.3. The third kappa shape index (κ3) is 4.83. The van der Waals surface area contributed by atoms with Gasteiger partial charge in [0.15, 0.2) is 0 Å². The fourth-order valence-corrected chi connectivity index (χ4v) is 2.76. The second-order valence-corrected chi connectivity index (χ2v) is 6.01. The number of benzene rings is 1. The molecule has 1 aromatic carbocycles. The lowest BCUT2D eigenvalue weighted by Gasteiger charge is -2.18. The first-order valence-corrected chi connectivity index (χ1v) is 8.86. The number of ether oxygens (including phenoxy) is 1. The van der Waals surface area contributed by atoms with Gasteiger partial charge >= 0.3 is 0 Å². The summed E-state index contributed by atoms with van der Waals surface area (Å²) in [5.41, 5.74) is 10.4. The van der Waals surface area contributed by atoms with Crippen LogP contribution in [0.15, 0.2) is 35.3 Å². The molecule has 0 radical (unpaired) electrons. The zero-order chi connectivity index (χ0) is 19.8. The number of nitrogen functional groups attached to an aromatic ring is 1. The normalized spacial score (nSPS) is 12.2. The average molecular weight is 369 g/mol. The van der Waals surface area contributed by atoms with E-state index in [1.54, 1.807) is 20.2 Å². The summed E-state index contributed by atoms with van der Waals surface area (Å²) >= 11 is 0. The van der Waals surface area contributed by atoms with Crippen LogP contribution in [-0.4, -0.2) is 41.8 Å². The number of aliphatic imine (C=N–C) groups is 1. The van der Waals surface area contributed by atoms with Crippen LogP contribution in [0.1, 0.15) is 31.0 Å². The summed E-state index contributed by atoms with van der Waals surface area (Å²) in [5.74, 6) is 0.992. The molecule has 0 aliphatic carbocycles. The van der Waals surface area contributed by atoms with Gasteiger partial charge in [-0.3, -0.25) is 4.99 Å². The van der Waals surface area contributed by atoms with Crippen LogP contribution in [0, 0.1) is 6.92 Å². The maximum absolute atomic E-state index is 9.73. The van der Waals surface area contributed by atoms with E-state index in [2.05, 4.69) is 33.5 Å². The predicted molar refractivity (Wildman–Crippen MR) is 111 cm³/mol. The number of unbranched alkanes of at least 4 members (excludes halogenated alkanes) is 1. The Morgan fingerprint density at radius 1 is 1.33 bits per heavy atom. The summed E-state index contributed by atoms with van der Waals surface area (Å²) in [5, 5.41) is 21.0. The number of aromatic nitrogens is 2. The van der Waals surface area contributed by atoms with Crippen molar-refractivity contribution in [3.05, 3.63) is 41.6 Å². The highest BCUT2D eigenvalue weighted by Crippen LogP contribution is 2.36. The van der Waals surface area contributed by atoms with Crippen LogP contribution in [0.4, 0.5) is 17.2 Å². The number of anilines is 3. The Balaban J connectivity index is 2.55. The number of aliphatic hydroxyl groups is 1. The van der Waals surface area contributed by atoms with Crippen LogP contribution in [0.5, 0.6) is 5.75 Å². The molecule has 0 fully saturated rings. The molecular formula is C20H27N5O2. The van der Waals surface area contributed by atoms with Gasteiger partial charge in [0.25, 0.3) is 0 Å². The molecule has 0 unspecified atom stereocenters. The molecule has 7 heteroatoms. The van der Waals surface area contributed by atoms with E-state index in [-0.39, 0.29) is 6.61 Å². The number of hydrogen-bond donors (Lipinski definition) is 3. The van der Waals surface area contributed by atoms with E-state index >= 15 is 0 Å². The Labute approximate surface area is 160 Å². The van der Waals surface area contributed by atoms with E-state index in [1.807, 2.05) is 25.1 Å². The lowest BCUT2D eigenvalue weighted by atomic mass is 9.97. The molecule has 144 valence electrons. The summed E-state index contributed by atoms with van der Waals surface area (Å²) < 4.78 is 5.71. The van der Waals surface area contributed by atoms with Crippen molar-refractivity contribution in [2.45, 2.75) is 26.7 Å². The molecular weight excluding hydrogens is 342 g/mol. The van der Waals surface area contributed by atoms with Crippen molar-refractivity contribution in [2.75, 3.05) is 31.8 Å². The smallest absolute Gasteiger partial charge is 0.150 e. The van der Waals surface area contributed by atoms with Crippen LogP contribution in [-0.2, 0) is 0 Å². The van der Waals surface area contributed by atoms with Crippen LogP contribution >= 0.6 is 0 Å². The SMILES string of the molecule is CCC/C=C(\C(CO)=NC)c1cccc(Nc2cc(N)nnc2C)c1OC. The number of allylic oxidation sites excluding steroid dienone is 1. The molecule has 1 heterocycles. The molecule has 0 amide bonds. The minimum atomic E-state index is -0.142. The van der Waals surface area contributed by atoms with E-state index in [0.29, 0.717) is 17.3 Å². The molecule has 0 aliphatic heterocycles. The first kappa shape index (κ1) is 20.4. The summed E-state index contributed by atoms with van der Waals surface area (Å²) in [6.07, 6.45) is 3.95. The van der Waals surface area contributed by atoms with Gasteiger partial charge in [0.1, 0.15) is 11.6 Å². The van der Waals surface area contributed by atoms with Crippen LogP contribution in [0.25, 0.3) is 5.57 Å². The summed E-state index contributed by atoms with van der Waals surface area (Å²) in [6.45, 7) is 3.82. The van der Waals surface area contributed by atoms with Crippen molar-refractivity contribution in [3.63, 3.8) is 0 Å². The van der Waals surface area contributed by atoms with Crippen molar-refractivity contribution in [2.24, 2.45) is 4.99 Å². The Morgan fingerprint density at radius 3 is 2.74 bits per heavy atom. The number of nitrogens with zero attached hydrogens (tertiary/aromatic N) is 3. The van der Waals surface area contributed by atoms with Crippen molar-refractivity contribution in [1.82, 2.24) is 10.2 Å². The van der Waals surface area contributed by atoms with Gasteiger partial charge in [-0.25, -0.2) is 0 Å².